The standard InChI is InChI=1S/C20H25FN2O2/c21-17-8-5-14(6-9-17)18-10-7-16(19(24)22-11-13-1-2-13)12-23(18)20(25)15-3-4-15/h5-6,8-9,13,15-16,18H,1-4,7,10-12H2,(H,22,24). The van der Waals surface area contributed by atoms with Crippen molar-refractivity contribution in [2.75, 3.05) is 13.1 Å². The molecule has 1 aromatic rings. The predicted octanol–water partition coefficient (Wildman–Crippen LogP) is 3.04. The van der Waals surface area contributed by atoms with Crippen molar-refractivity contribution in [2.45, 2.75) is 44.6 Å². The fourth-order valence-electron chi connectivity index (χ4n) is 3.74. The Hall–Kier alpha value is -1.91. The first-order valence-corrected chi connectivity index (χ1v) is 9.45. The highest BCUT2D eigenvalue weighted by Crippen LogP contribution is 2.39. The Bertz CT molecular complexity index is 652. The molecule has 3 aliphatic rings. The molecular weight excluding hydrogens is 319 g/mol. The summed E-state index contributed by atoms with van der Waals surface area (Å²) in [7, 11) is 0. The number of carbonyl (C=O) groups is 2. The lowest BCUT2D eigenvalue weighted by Crippen LogP contribution is -2.47. The minimum atomic E-state index is -0.267. The molecule has 1 aliphatic heterocycles. The molecule has 2 unspecified atom stereocenters. The second kappa shape index (κ2) is 6.77. The zero-order valence-corrected chi connectivity index (χ0v) is 14.4. The van der Waals surface area contributed by atoms with Gasteiger partial charge in [-0.05, 0) is 62.1 Å². The van der Waals surface area contributed by atoms with Crippen LogP contribution in [0.3, 0.4) is 0 Å². The van der Waals surface area contributed by atoms with Crippen LogP contribution in [0.2, 0.25) is 0 Å². The minimum absolute atomic E-state index is 0.0406. The number of amides is 2. The topological polar surface area (TPSA) is 49.4 Å². The first-order chi connectivity index (χ1) is 12.1. The molecular formula is C20H25FN2O2. The zero-order chi connectivity index (χ0) is 17.4. The summed E-state index contributed by atoms with van der Waals surface area (Å²) in [5.41, 5.74) is 0.965. The second-order valence-corrected chi connectivity index (χ2v) is 7.80. The van der Waals surface area contributed by atoms with Gasteiger partial charge in [0.15, 0.2) is 0 Å². The van der Waals surface area contributed by atoms with Crippen molar-refractivity contribution in [1.29, 1.82) is 0 Å². The van der Waals surface area contributed by atoms with Crippen LogP contribution in [0.5, 0.6) is 0 Å². The third-order valence-electron chi connectivity index (χ3n) is 5.68. The van der Waals surface area contributed by atoms with Gasteiger partial charge in [-0.15, -0.1) is 0 Å². The van der Waals surface area contributed by atoms with Crippen LogP contribution in [-0.4, -0.2) is 29.8 Å². The molecule has 3 fully saturated rings. The van der Waals surface area contributed by atoms with Crippen LogP contribution in [0.25, 0.3) is 0 Å². The Morgan fingerprint density at radius 1 is 1.00 bits per heavy atom. The molecule has 2 saturated carbocycles. The highest BCUT2D eigenvalue weighted by molar-refractivity contribution is 5.84. The smallest absolute Gasteiger partial charge is 0.226 e. The number of piperidine rings is 1. The lowest BCUT2D eigenvalue weighted by molar-refractivity contribution is -0.140. The minimum Gasteiger partial charge on any atom is -0.356 e. The van der Waals surface area contributed by atoms with E-state index in [1.165, 1.54) is 25.0 Å². The summed E-state index contributed by atoms with van der Waals surface area (Å²) in [6.45, 7) is 1.25. The molecule has 1 aromatic carbocycles. The van der Waals surface area contributed by atoms with Gasteiger partial charge in [-0.2, -0.15) is 0 Å². The van der Waals surface area contributed by atoms with Crippen LogP contribution < -0.4 is 5.32 Å². The first-order valence-electron chi connectivity index (χ1n) is 9.45. The molecule has 5 heteroatoms. The van der Waals surface area contributed by atoms with Gasteiger partial charge in [-0.1, -0.05) is 12.1 Å². The van der Waals surface area contributed by atoms with E-state index in [4.69, 9.17) is 0 Å². The third kappa shape index (κ3) is 3.86. The Kier molecular flexibility index (Phi) is 4.48. The molecule has 0 aromatic heterocycles. The van der Waals surface area contributed by atoms with Crippen LogP contribution in [0, 0.1) is 23.6 Å². The van der Waals surface area contributed by atoms with E-state index in [2.05, 4.69) is 5.32 Å². The fourth-order valence-corrected chi connectivity index (χ4v) is 3.74. The average molecular weight is 344 g/mol. The summed E-state index contributed by atoms with van der Waals surface area (Å²) >= 11 is 0. The van der Waals surface area contributed by atoms with E-state index in [0.717, 1.165) is 37.8 Å². The molecule has 25 heavy (non-hydrogen) atoms. The lowest BCUT2D eigenvalue weighted by Gasteiger charge is -2.39. The number of likely N-dealkylation sites (tertiary alicyclic amines) is 1. The number of rotatable bonds is 5. The molecule has 4 rings (SSSR count). The fraction of sp³-hybridized carbons (Fsp3) is 0.600. The van der Waals surface area contributed by atoms with Crippen LogP contribution in [0.1, 0.15) is 50.1 Å². The van der Waals surface area contributed by atoms with Crippen LogP contribution in [0.4, 0.5) is 4.39 Å². The monoisotopic (exact) mass is 344 g/mol. The molecule has 134 valence electrons. The van der Waals surface area contributed by atoms with Gasteiger partial charge in [0.05, 0.1) is 12.0 Å². The van der Waals surface area contributed by atoms with Gasteiger partial charge in [0.2, 0.25) is 11.8 Å². The number of hydrogen-bond donors (Lipinski definition) is 1. The van der Waals surface area contributed by atoms with Crippen LogP contribution in [0.15, 0.2) is 24.3 Å². The van der Waals surface area contributed by atoms with E-state index in [1.54, 1.807) is 12.1 Å². The number of carbonyl (C=O) groups excluding carboxylic acids is 2. The van der Waals surface area contributed by atoms with Crippen molar-refractivity contribution in [3.8, 4) is 0 Å². The van der Waals surface area contributed by atoms with Crippen LogP contribution in [-0.2, 0) is 9.59 Å². The van der Waals surface area contributed by atoms with Gasteiger partial charge in [0.25, 0.3) is 0 Å². The van der Waals surface area contributed by atoms with E-state index in [1.807, 2.05) is 4.90 Å². The quantitative estimate of drug-likeness (QED) is 0.892. The van der Waals surface area contributed by atoms with Gasteiger partial charge in [0, 0.05) is 19.0 Å². The molecule has 2 atom stereocenters. The number of nitrogens with zero attached hydrogens (tertiary/aromatic N) is 1. The van der Waals surface area contributed by atoms with E-state index in [9.17, 15) is 14.0 Å². The largest absolute Gasteiger partial charge is 0.356 e. The normalized spacial score (nSPS) is 26.4. The molecule has 1 N–H and O–H groups in total. The van der Waals surface area contributed by atoms with Gasteiger partial charge < -0.3 is 10.2 Å². The van der Waals surface area contributed by atoms with Gasteiger partial charge >= 0.3 is 0 Å². The number of hydrogen-bond acceptors (Lipinski definition) is 2. The SMILES string of the molecule is O=C(NCC1CC1)C1CCC(c2ccc(F)cc2)N(C(=O)C2CC2)C1. The van der Waals surface area contributed by atoms with E-state index < -0.39 is 0 Å². The number of benzene rings is 1. The van der Waals surface area contributed by atoms with Gasteiger partial charge in [-0.25, -0.2) is 4.39 Å². The maximum atomic E-state index is 13.2. The molecule has 4 nitrogen and oxygen atoms in total. The second-order valence-electron chi connectivity index (χ2n) is 7.80. The van der Waals surface area contributed by atoms with Crippen molar-refractivity contribution in [3.63, 3.8) is 0 Å². The van der Waals surface area contributed by atoms with Crippen molar-refractivity contribution < 1.29 is 14.0 Å². The Balaban J connectivity index is 1.47. The molecule has 1 saturated heterocycles. The maximum absolute atomic E-state index is 13.2. The van der Waals surface area contributed by atoms with Crippen molar-refractivity contribution in [2.24, 2.45) is 17.8 Å². The highest BCUT2D eigenvalue weighted by Gasteiger charge is 2.41. The maximum Gasteiger partial charge on any atom is 0.226 e. The molecule has 2 amide bonds. The van der Waals surface area contributed by atoms with Gasteiger partial charge in [0.1, 0.15) is 5.82 Å². The van der Waals surface area contributed by atoms with Crippen molar-refractivity contribution >= 4 is 11.8 Å². The van der Waals surface area contributed by atoms with Crippen molar-refractivity contribution in [1.82, 2.24) is 10.2 Å². The summed E-state index contributed by atoms with van der Waals surface area (Å²) in [6, 6.07) is 6.38. The Labute approximate surface area is 147 Å². The Morgan fingerprint density at radius 2 is 1.68 bits per heavy atom. The Morgan fingerprint density at radius 3 is 2.32 bits per heavy atom. The summed E-state index contributed by atoms with van der Waals surface area (Å²) < 4.78 is 13.2. The van der Waals surface area contributed by atoms with E-state index in [-0.39, 0.29) is 35.5 Å². The molecule has 1 heterocycles. The first kappa shape index (κ1) is 16.6. The lowest BCUT2D eigenvalue weighted by atomic mass is 9.88. The predicted molar refractivity (Wildman–Crippen MR) is 92.0 cm³/mol. The molecule has 2 aliphatic carbocycles. The van der Waals surface area contributed by atoms with E-state index in [0.29, 0.717) is 12.5 Å². The summed E-state index contributed by atoms with van der Waals surface area (Å²) in [5.74, 6) is 0.627. The zero-order valence-electron chi connectivity index (χ0n) is 14.4. The molecule has 0 bridgehead atoms. The third-order valence-corrected chi connectivity index (χ3v) is 5.68. The summed E-state index contributed by atoms with van der Waals surface area (Å²) in [5, 5.41) is 3.05. The highest BCUT2D eigenvalue weighted by atomic mass is 19.1. The molecule has 0 spiro atoms. The summed E-state index contributed by atoms with van der Waals surface area (Å²) in [4.78, 5) is 27.1. The summed E-state index contributed by atoms with van der Waals surface area (Å²) in [6.07, 6.45) is 5.85. The number of nitrogens with one attached hydrogen (secondary N) is 1. The van der Waals surface area contributed by atoms with E-state index >= 15 is 0 Å². The number of halogens is 1. The average Bonchev–Trinajstić information content (AvgIpc) is 3.53. The van der Waals surface area contributed by atoms with Crippen LogP contribution >= 0.6 is 0 Å². The van der Waals surface area contributed by atoms with Gasteiger partial charge in [-0.3, -0.25) is 9.59 Å². The molecule has 0 radical (unpaired) electrons. The van der Waals surface area contributed by atoms with Crippen molar-refractivity contribution in [3.05, 3.63) is 35.6 Å².